The minimum Gasteiger partial charge on any atom is -0.481 e. The molecular formula is C13H18N2O2. The molecule has 0 bridgehead atoms. The number of carbonyl (C=O) groups is 1. The van der Waals surface area contributed by atoms with Gasteiger partial charge in [-0.1, -0.05) is 6.42 Å². The van der Waals surface area contributed by atoms with E-state index >= 15 is 0 Å². The molecule has 1 fully saturated rings. The second-order valence-corrected chi connectivity index (χ2v) is 5.00. The lowest BCUT2D eigenvalue weighted by Crippen LogP contribution is -2.40. The summed E-state index contributed by atoms with van der Waals surface area (Å²) in [6.45, 7) is 3.80. The quantitative estimate of drug-likeness (QED) is 0.843. The minimum absolute atomic E-state index is 0.00102. The van der Waals surface area contributed by atoms with Gasteiger partial charge in [0.05, 0.1) is 5.41 Å². The average Bonchev–Trinajstić information content (AvgIpc) is 2.65. The number of carboxylic acid groups (broad SMARTS) is 1. The van der Waals surface area contributed by atoms with Crippen molar-refractivity contribution in [3.05, 3.63) is 24.0 Å². The lowest BCUT2D eigenvalue weighted by Gasteiger charge is -2.29. The Morgan fingerprint density at radius 2 is 2.41 bits per heavy atom. The summed E-state index contributed by atoms with van der Waals surface area (Å²) in [6.07, 6.45) is 6.12. The number of aryl methyl sites for hydroxylation is 1. The molecule has 0 aromatic carbocycles. The topological polar surface area (TPSA) is 62.2 Å². The zero-order valence-electron chi connectivity index (χ0n) is 10.2. The number of rotatable bonds is 3. The molecule has 0 saturated heterocycles. The zero-order valence-corrected chi connectivity index (χ0v) is 10.2. The molecule has 1 aromatic heterocycles. The largest absolute Gasteiger partial charge is 0.481 e. The van der Waals surface area contributed by atoms with Crippen LogP contribution in [-0.4, -0.2) is 22.1 Å². The smallest absolute Gasteiger partial charge is 0.311 e. The van der Waals surface area contributed by atoms with Crippen LogP contribution < -0.4 is 5.32 Å². The zero-order chi connectivity index (χ0) is 12.5. The number of nitrogens with one attached hydrogen (secondary N) is 1. The summed E-state index contributed by atoms with van der Waals surface area (Å²) in [5, 5.41) is 12.7. The van der Waals surface area contributed by atoms with Gasteiger partial charge in [-0.25, -0.2) is 0 Å². The summed E-state index contributed by atoms with van der Waals surface area (Å²) in [6, 6.07) is 1.90. The molecule has 1 saturated carbocycles. The Hall–Kier alpha value is -1.58. The van der Waals surface area contributed by atoms with Crippen molar-refractivity contribution in [3.8, 4) is 0 Å². The Balaban J connectivity index is 2.19. The van der Waals surface area contributed by atoms with E-state index in [0.29, 0.717) is 0 Å². The third-order valence-corrected chi connectivity index (χ3v) is 3.80. The van der Waals surface area contributed by atoms with E-state index in [4.69, 9.17) is 0 Å². The molecule has 4 heteroatoms. The molecule has 2 atom stereocenters. The Morgan fingerprint density at radius 1 is 1.65 bits per heavy atom. The molecule has 0 amide bonds. The number of nitrogens with zero attached hydrogens (tertiary/aromatic N) is 1. The van der Waals surface area contributed by atoms with Crippen molar-refractivity contribution in [2.24, 2.45) is 5.41 Å². The maximum absolute atomic E-state index is 11.4. The van der Waals surface area contributed by atoms with Crippen LogP contribution in [-0.2, 0) is 4.79 Å². The van der Waals surface area contributed by atoms with Crippen molar-refractivity contribution in [2.45, 2.75) is 39.2 Å². The van der Waals surface area contributed by atoms with Crippen LogP contribution in [0.3, 0.4) is 0 Å². The van der Waals surface area contributed by atoms with E-state index in [1.807, 2.05) is 19.9 Å². The van der Waals surface area contributed by atoms with E-state index < -0.39 is 11.4 Å². The van der Waals surface area contributed by atoms with Crippen LogP contribution in [0, 0.1) is 12.3 Å². The maximum atomic E-state index is 11.4. The Labute approximate surface area is 101 Å². The molecule has 1 aliphatic carbocycles. The highest BCUT2D eigenvalue weighted by molar-refractivity contribution is 5.76. The predicted octanol–water partition coefficient (Wildman–Crippen LogP) is 2.45. The van der Waals surface area contributed by atoms with Crippen molar-refractivity contribution < 1.29 is 9.90 Å². The first kappa shape index (κ1) is 11.9. The Kier molecular flexibility index (Phi) is 3.05. The molecule has 1 aliphatic rings. The van der Waals surface area contributed by atoms with Crippen LogP contribution >= 0.6 is 0 Å². The number of pyridine rings is 1. The van der Waals surface area contributed by atoms with Crippen molar-refractivity contribution in [1.82, 2.24) is 4.98 Å². The van der Waals surface area contributed by atoms with Crippen LogP contribution in [0.5, 0.6) is 0 Å². The number of hydrogen-bond donors (Lipinski definition) is 2. The van der Waals surface area contributed by atoms with Gasteiger partial charge in [0.25, 0.3) is 0 Å². The number of aromatic nitrogens is 1. The predicted molar refractivity (Wildman–Crippen MR) is 66.0 cm³/mol. The molecule has 92 valence electrons. The van der Waals surface area contributed by atoms with Crippen molar-refractivity contribution in [1.29, 1.82) is 0 Å². The summed E-state index contributed by atoms with van der Waals surface area (Å²) >= 11 is 0. The fourth-order valence-electron chi connectivity index (χ4n) is 2.48. The summed E-state index contributed by atoms with van der Waals surface area (Å²) < 4.78 is 0. The fourth-order valence-corrected chi connectivity index (χ4v) is 2.48. The van der Waals surface area contributed by atoms with Gasteiger partial charge >= 0.3 is 5.97 Å². The summed E-state index contributed by atoms with van der Waals surface area (Å²) in [4.78, 5) is 15.4. The maximum Gasteiger partial charge on any atom is 0.311 e. The van der Waals surface area contributed by atoms with E-state index in [0.717, 1.165) is 30.5 Å². The number of hydrogen-bond acceptors (Lipinski definition) is 3. The SMILES string of the molecule is Cc1cnccc1NC1CCCC1(C)C(=O)O. The highest BCUT2D eigenvalue weighted by Gasteiger charge is 2.45. The van der Waals surface area contributed by atoms with Crippen LogP contribution in [0.25, 0.3) is 0 Å². The van der Waals surface area contributed by atoms with Gasteiger partial charge in [0.15, 0.2) is 0 Å². The fraction of sp³-hybridized carbons (Fsp3) is 0.538. The molecule has 1 heterocycles. The van der Waals surface area contributed by atoms with Gasteiger partial charge < -0.3 is 10.4 Å². The summed E-state index contributed by atoms with van der Waals surface area (Å²) in [7, 11) is 0. The first-order valence-electron chi connectivity index (χ1n) is 5.94. The van der Waals surface area contributed by atoms with Crippen LogP contribution in [0.4, 0.5) is 5.69 Å². The molecule has 0 radical (unpaired) electrons. The standard InChI is InChI=1S/C13H18N2O2/c1-9-8-14-7-5-10(9)15-11-4-3-6-13(11,2)12(16)17/h5,7-8,11H,3-4,6H2,1-2H3,(H,14,15)(H,16,17). The van der Waals surface area contributed by atoms with Gasteiger partial charge in [0.2, 0.25) is 0 Å². The molecule has 0 aliphatic heterocycles. The van der Waals surface area contributed by atoms with E-state index in [2.05, 4.69) is 10.3 Å². The molecule has 4 nitrogen and oxygen atoms in total. The van der Waals surface area contributed by atoms with E-state index in [1.54, 1.807) is 12.4 Å². The molecule has 2 N–H and O–H groups in total. The van der Waals surface area contributed by atoms with E-state index in [9.17, 15) is 9.90 Å². The monoisotopic (exact) mass is 234 g/mol. The second kappa shape index (κ2) is 4.35. The van der Waals surface area contributed by atoms with Gasteiger partial charge in [-0.2, -0.15) is 0 Å². The van der Waals surface area contributed by atoms with Crippen LogP contribution in [0.1, 0.15) is 31.7 Å². The first-order chi connectivity index (χ1) is 8.04. The molecule has 17 heavy (non-hydrogen) atoms. The molecule has 0 spiro atoms. The van der Waals surface area contributed by atoms with E-state index in [1.165, 1.54) is 0 Å². The minimum atomic E-state index is -0.709. The molecule has 1 aromatic rings. The molecular weight excluding hydrogens is 216 g/mol. The average molecular weight is 234 g/mol. The molecule has 2 rings (SSSR count). The third-order valence-electron chi connectivity index (χ3n) is 3.80. The second-order valence-electron chi connectivity index (χ2n) is 5.00. The summed E-state index contributed by atoms with van der Waals surface area (Å²) in [5.41, 5.74) is 1.38. The normalized spacial score (nSPS) is 28.0. The van der Waals surface area contributed by atoms with Crippen LogP contribution in [0.2, 0.25) is 0 Å². The van der Waals surface area contributed by atoms with Crippen molar-refractivity contribution in [2.75, 3.05) is 5.32 Å². The number of carboxylic acids is 1. The van der Waals surface area contributed by atoms with Crippen LogP contribution in [0.15, 0.2) is 18.5 Å². The summed E-state index contributed by atoms with van der Waals surface area (Å²) in [5.74, 6) is -0.709. The van der Waals surface area contributed by atoms with Gasteiger partial charge in [-0.3, -0.25) is 9.78 Å². The number of aliphatic carboxylic acids is 1. The van der Waals surface area contributed by atoms with Gasteiger partial charge in [-0.15, -0.1) is 0 Å². The highest BCUT2D eigenvalue weighted by Crippen LogP contribution is 2.40. The van der Waals surface area contributed by atoms with Gasteiger partial charge in [0.1, 0.15) is 0 Å². The third kappa shape index (κ3) is 2.12. The lowest BCUT2D eigenvalue weighted by atomic mass is 9.84. The van der Waals surface area contributed by atoms with Crippen molar-refractivity contribution in [3.63, 3.8) is 0 Å². The highest BCUT2D eigenvalue weighted by atomic mass is 16.4. The molecule has 2 unspecified atom stereocenters. The van der Waals surface area contributed by atoms with E-state index in [-0.39, 0.29) is 6.04 Å². The number of anilines is 1. The van der Waals surface area contributed by atoms with Gasteiger partial charge in [-0.05, 0) is 38.3 Å². The Bertz CT molecular complexity index is 433. The Morgan fingerprint density at radius 3 is 3.06 bits per heavy atom. The first-order valence-corrected chi connectivity index (χ1v) is 5.94. The lowest BCUT2D eigenvalue weighted by molar-refractivity contribution is -0.147. The van der Waals surface area contributed by atoms with Gasteiger partial charge in [0, 0.05) is 24.1 Å². The van der Waals surface area contributed by atoms with Crippen molar-refractivity contribution >= 4 is 11.7 Å².